The number of carbonyl (C=O) groups excluding carboxylic acids is 2. The van der Waals surface area contributed by atoms with E-state index in [2.05, 4.69) is 54.0 Å². The van der Waals surface area contributed by atoms with Crippen molar-refractivity contribution < 1.29 is 14.3 Å². The maximum absolute atomic E-state index is 13.8. The number of hydrogen-bond acceptors (Lipinski definition) is 8. The van der Waals surface area contributed by atoms with Crippen LogP contribution in [0.4, 0.5) is 0 Å². The number of amides is 2. The number of fused-ring (bicyclic) bond motifs is 4. The molecule has 9 rings (SSSR count). The molecule has 0 unspecified atom stereocenters. The van der Waals surface area contributed by atoms with Crippen molar-refractivity contribution in [2.24, 2.45) is 24.6 Å². The molecule has 2 aliphatic carbocycles. The van der Waals surface area contributed by atoms with Crippen LogP contribution in [0.25, 0.3) is 33.5 Å². The number of likely N-dealkylation sites (tertiary alicyclic amines) is 2. The number of para-hydroxylation sites is 1. The fourth-order valence-corrected chi connectivity index (χ4v) is 8.27. The molecule has 0 spiro atoms. The number of tetrazole rings is 1. The first kappa shape index (κ1) is 28.4. The molecule has 5 aromatic rings. The lowest BCUT2D eigenvalue weighted by molar-refractivity contribution is -0.135. The van der Waals surface area contributed by atoms with Crippen LogP contribution in [-0.4, -0.2) is 95.2 Å². The average Bonchev–Trinajstić information content (AvgIpc) is 3.39. The smallest absolute Gasteiger partial charge is 0.254 e. The Bertz CT molecular complexity index is 2040. The minimum absolute atomic E-state index is 0.00180. The fourth-order valence-electron chi connectivity index (χ4n) is 8.27. The molecule has 2 saturated carbocycles. The fraction of sp³-hybridized carbons (Fsp3) is 0.471. The monoisotopic (exact) mass is 634 g/mol. The summed E-state index contributed by atoms with van der Waals surface area (Å²) in [6.45, 7) is 2.94. The standard InChI is InChI=1S/C34H38N10O3/c1-41-32-24(10-21(12-27(32)47-2)34(46)44-17-20-8-9-25(44)30(20)35)36-33(41)26-11-19-4-3-5-23(31(19)43(26)14-18-6-7-18)22-15-42(16-22)29(45)13-28-37-39-40-38-28/h3-5,10-12,18,20,22,25,30H,6-9,13-17,35H2,1-2H3,(H,37,38,39,40)/t20-,25-,30-/m1/s1. The predicted octanol–water partition coefficient (Wildman–Crippen LogP) is 2.86. The second-order valence-corrected chi connectivity index (χ2v) is 13.9. The van der Waals surface area contributed by atoms with E-state index in [1.54, 1.807) is 7.11 Å². The van der Waals surface area contributed by atoms with E-state index in [1.807, 2.05) is 29.0 Å². The zero-order valence-corrected chi connectivity index (χ0v) is 26.6. The number of aryl methyl sites for hydroxylation is 1. The lowest BCUT2D eigenvalue weighted by atomic mass is 9.89. The number of imidazole rings is 1. The van der Waals surface area contributed by atoms with Crippen molar-refractivity contribution >= 4 is 33.8 Å². The number of aromatic nitrogens is 7. The van der Waals surface area contributed by atoms with Gasteiger partial charge in [0.25, 0.3) is 5.91 Å². The van der Waals surface area contributed by atoms with Crippen LogP contribution >= 0.6 is 0 Å². The van der Waals surface area contributed by atoms with Gasteiger partial charge in [0, 0.05) is 62.2 Å². The average molecular weight is 635 g/mol. The maximum Gasteiger partial charge on any atom is 0.254 e. The van der Waals surface area contributed by atoms with Gasteiger partial charge in [0.2, 0.25) is 5.91 Å². The molecule has 3 atom stereocenters. The largest absolute Gasteiger partial charge is 0.494 e. The van der Waals surface area contributed by atoms with Crippen molar-refractivity contribution in [3.8, 4) is 17.3 Å². The minimum Gasteiger partial charge on any atom is -0.494 e. The van der Waals surface area contributed by atoms with E-state index < -0.39 is 0 Å². The van der Waals surface area contributed by atoms with Gasteiger partial charge in [0.1, 0.15) is 11.3 Å². The van der Waals surface area contributed by atoms with Crippen LogP contribution in [0.2, 0.25) is 0 Å². The molecular formula is C34H38N10O3. The van der Waals surface area contributed by atoms with E-state index in [4.69, 9.17) is 15.5 Å². The van der Waals surface area contributed by atoms with Gasteiger partial charge in [-0.15, -0.1) is 5.10 Å². The summed E-state index contributed by atoms with van der Waals surface area (Å²) in [5.41, 5.74) is 12.1. The van der Waals surface area contributed by atoms with Gasteiger partial charge < -0.3 is 29.4 Å². The Hall–Kier alpha value is -4.78. The van der Waals surface area contributed by atoms with Gasteiger partial charge in [-0.3, -0.25) is 9.59 Å². The highest BCUT2D eigenvalue weighted by Crippen LogP contribution is 2.42. The summed E-state index contributed by atoms with van der Waals surface area (Å²) in [6, 6.07) is 12.6. The van der Waals surface area contributed by atoms with Gasteiger partial charge in [-0.25, -0.2) is 10.1 Å². The van der Waals surface area contributed by atoms with Gasteiger partial charge >= 0.3 is 0 Å². The van der Waals surface area contributed by atoms with Gasteiger partial charge in [-0.05, 0) is 71.7 Å². The van der Waals surface area contributed by atoms with Crippen LogP contribution in [0, 0.1) is 11.8 Å². The van der Waals surface area contributed by atoms with Crippen molar-refractivity contribution in [2.75, 3.05) is 26.7 Å². The Morgan fingerprint density at radius 3 is 2.62 bits per heavy atom. The number of ether oxygens (including phenoxy) is 1. The molecule has 2 amide bonds. The molecule has 242 valence electrons. The summed E-state index contributed by atoms with van der Waals surface area (Å²) in [5, 5.41) is 14.9. The molecule has 5 heterocycles. The summed E-state index contributed by atoms with van der Waals surface area (Å²) < 4.78 is 10.4. The van der Waals surface area contributed by atoms with Gasteiger partial charge in [0.15, 0.2) is 11.6 Å². The lowest BCUT2D eigenvalue weighted by Crippen LogP contribution is -2.49. The summed E-state index contributed by atoms with van der Waals surface area (Å²) >= 11 is 0. The molecule has 2 bridgehead atoms. The molecular weight excluding hydrogens is 596 g/mol. The molecule has 2 aliphatic heterocycles. The predicted molar refractivity (Wildman–Crippen MR) is 174 cm³/mol. The molecule has 13 heteroatoms. The second kappa shape index (κ2) is 10.6. The number of piperidine rings is 1. The Labute approximate surface area is 271 Å². The molecule has 3 aromatic heterocycles. The van der Waals surface area contributed by atoms with E-state index in [-0.39, 0.29) is 36.2 Å². The topological polar surface area (TPSA) is 153 Å². The highest BCUT2D eigenvalue weighted by atomic mass is 16.5. The number of benzene rings is 2. The summed E-state index contributed by atoms with van der Waals surface area (Å²) in [6.07, 6.45) is 4.66. The highest BCUT2D eigenvalue weighted by molar-refractivity contribution is 6.00. The highest BCUT2D eigenvalue weighted by Gasteiger charge is 2.47. The van der Waals surface area contributed by atoms with Crippen molar-refractivity contribution in [3.63, 3.8) is 0 Å². The maximum atomic E-state index is 13.8. The molecule has 4 fully saturated rings. The molecule has 0 radical (unpaired) electrons. The van der Waals surface area contributed by atoms with E-state index in [0.717, 1.165) is 47.3 Å². The Morgan fingerprint density at radius 1 is 1.06 bits per heavy atom. The third kappa shape index (κ3) is 4.54. The van der Waals surface area contributed by atoms with Crippen LogP contribution in [0.5, 0.6) is 5.75 Å². The van der Waals surface area contributed by atoms with Crippen LogP contribution < -0.4 is 10.5 Å². The van der Waals surface area contributed by atoms with Gasteiger partial charge in [0.05, 0.1) is 30.3 Å². The van der Waals surface area contributed by atoms with Crippen molar-refractivity contribution in [1.82, 2.24) is 44.5 Å². The van der Waals surface area contributed by atoms with E-state index in [1.165, 1.54) is 23.9 Å². The van der Waals surface area contributed by atoms with Gasteiger partial charge in [-0.2, -0.15) is 0 Å². The number of carbonyl (C=O) groups is 2. The normalized spacial score (nSPS) is 22.5. The van der Waals surface area contributed by atoms with Crippen LogP contribution in [0.15, 0.2) is 36.4 Å². The number of methoxy groups -OCH3 is 1. The van der Waals surface area contributed by atoms with Crippen LogP contribution in [-0.2, 0) is 24.8 Å². The van der Waals surface area contributed by atoms with Crippen molar-refractivity contribution in [3.05, 3.63) is 53.3 Å². The third-order valence-electron chi connectivity index (χ3n) is 11.0. The zero-order chi connectivity index (χ0) is 32.0. The number of rotatable bonds is 8. The quantitative estimate of drug-likeness (QED) is 0.264. The Kier molecular flexibility index (Phi) is 6.43. The van der Waals surface area contributed by atoms with E-state index in [9.17, 15) is 9.59 Å². The number of nitrogens with one attached hydrogen (secondary N) is 1. The molecule has 2 aromatic carbocycles. The van der Waals surface area contributed by atoms with Crippen LogP contribution in [0.3, 0.4) is 0 Å². The summed E-state index contributed by atoms with van der Waals surface area (Å²) in [4.78, 5) is 35.6. The van der Waals surface area contributed by atoms with Crippen molar-refractivity contribution in [1.29, 1.82) is 0 Å². The Balaban J connectivity index is 1.08. The van der Waals surface area contributed by atoms with Crippen LogP contribution in [0.1, 0.15) is 53.3 Å². The van der Waals surface area contributed by atoms with E-state index in [0.29, 0.717) is 48.6 Å². The first-order valence-corrected chi connectivity index (χ1v) is 16.6. The molecule has 47 heavy (non-hydrogen) atoms. The summed E-state index contributed by atoms with van der Waals surface area (Å²) in [5.74, 6) is 3.21. The summed E-state index contributed by atoms with van der Waals surface area (Å²) in [7, 11) is 3.67. The number of hydrogen-bond donors (Lipinski definition) is 2. The Morgan fingerprint density at radius 2 is 1.91 bits per heavy atom. The number of H-pyrrole nitrogens is 1. The number of nitrogens with two attached hydrogens (primary N) is 1. The molecule has 13 nitrogen and oxygen atoms in total. The molecule has 3 N–H and O–H groups in total. The molecule has 2 saturated heterocycles. The zero-order valence-electron chi connectivity index (χ0n) is 26.6. The third-order valence-corrected chi connectivity index (χ3v) is 11.0. The minimum atomic E-state index is -0.00180. The lowest BCUT2D eigenvalue weighted by Gasteiger charge is -2.40. The van der Waals surface area contributed by atoms with Crippen molar-refractivity contribution in [2.45, 2.75) is 56.7 Å². The first-order chi connectivity index (χ1) is 22.9. The van der Waals surface area contributed by atoms with E-state index >= 15 is 0 Å². The number of aromatic amines is 1. The van der Waals surface area contributed by atoms with Gasteiger partial charge in [-0.1, -0.05) is 18.2 Å². The second-order valence-electron chi connectivity index (χ2n) is 13.9. The number of nitrogens with zero attached hydrogens (tertiary/aromatic N) is 8. The molecule has 4 aliphatic rings. The SMILES string of the molecule is COc1cc(C(=O)N2C[C@H]3CC[C@@H]2[C@@H]3N)cc2nc(-c3cc4cccc(C5CN(C(=O)Cc6nnn[nH]6)C5)c4n3CC3CC3)n(C)c12. The first-order valence-electron chi connectivity index (χ1n) is 16.6.